The van der Waals surface area contributed by atoms with Crippen LogP contribution in [0.3, 0.4) is 0 Å². The third-order valence-electron chi connectivity index (χ3n) is 3.86. The SMILES string of the molecule is CC1CCC(C#N)(NS(=O)(=O)c2ccc(Br)cc2F)CC1. The third kappa shape index (κ3) is 3.62. The first-order valence-electron chi connectivity index (χ1n) is 6.68. The van der Waals surface area contributed by atoms with E-state index in [0.717, 1.165) is 18.9 Å². The fraction of sp³-hybridized carbons (Fsp3) is 0.500. The van der Waals surface area contributed by atoms with Gasteiger partial charge >= 0.3 is 0 Å². The van der Waals surface area contributed by atoms with Crippen LogP contribution in [-0.4, -0.2) is 14.0 Å². The Hall–Kier alpha value is -0.970. The van der Waals surface area contributed by atoms with Crippen LogP contribution in [0.1, 0.15) is 32.6 Å². The highest BCUT2D eigenvalue weighted by atomic mass is 79.9. The second kappa shape index (κ2) is 6.03. The molecule has 1 fully saturated rings. The Kier molecular flexibility index (Phi) is 4.71. The van der Waals surface area contributed by atoms with Crippen molar-refractivity contribution in [2.75, 3.05) is 0 Å². The smallest absolute Gasteiger partial charge is 0.207 e. The van der Waals surface area contributed by atoms with Gasteiger partial charge in [0, 0.05) is 4.47 Å². The lowest BCUT2D eigenvalue weighted by Crippen LogP contribution is -2.49. The van der Waals surface area contributed by atoms with E-state index in [1.54, 1.807) is 0 Å². The van der Waals surface area contributed by atoms with Crippen LogP contribution in [0.2, 0.25) is 0 Å². The summed E-state index contributed by atoms with van der Waals surface area (Å²) in [6, 6.07) is 5.82. The first-order valence-corrected chi connectivity index (χ1v) is 8.96. The van der Waals surface area contributed by atoms with Gasteiger partial charge in [-0.2, -0.15) is 9.98 Å². The largest absolute Gasteiger partial charge is 0.244 e. The molecule has 0 aromatic heterocycles. The van der Waals surface area contributed by atoms with Crippen LogP contribution < -0.4 is 4.72 Å². The average Bonchev–Trinajstić information content (AvgIpc) is 2.41. The van der Waals surface area contributed by atoms with E-state index in [-0.39, 0.29) is 0 Å². The lowest BCUT2D eigenvalue weighted by atomic mass is 9.79. The molecule has 0 radical (unpaired) electrons. The molecule has 1 aromatic carbocycles. The summed E-state index contributed by atoms with van der Waals surface area (Å²) in [7, 11) is -4.06. The zero-order valence-electron chi connectivity index (χ0n) is 11.6. The molecule has 0 unspecified atom stereocenters. The highest BCUT2D eigenvalue weighted by Gasteiger charge is 2.39. The van der Waals surface area contributed by atoms with Gasteiger partial charge in [-0.25, -0.2) is 12.8 Å². The summed E-state index contributed by atoms with van der Waals surface area (Å²) in [4.78, 5) is -0.432. The minimum absolute atomic E-state index is 0.432. The fourth-order valence-corrected chi connectivity index (χ4v) is 4.27. The van der Waals surface area contributed by atoms with Crippen molar-refractivity contribution in [2.45, 2.75) is 43.0 Å². The molecule has 1 N–H and O–H groups in total. The minimum atomic E-state index is -4.06. The maximum Gasteiger partial charge on any atom is 0.244 e. The third-order valence-corrected chi connectivity index (χ3v) is 5.92. The zero-order valence-corrected chi connectivity index (χ0v) is 14.0. The lowest BCUT2D eigenvalue weighted by Gasteiger charge is -2.34. The van der Waals surface area contributed by atoms with Gasteiger partial charge in [0.25, 0.3) is 0 Å². The van der Waals surface area contributed by atoms with Crippen molar-refractivity contribution in [3.05, 3.63) is 28.5 Å². The Labute approximate surface area is 132 Å². The van der Waals surface area contributed by atoms with Crippen molar-refractivity contribution in [2.24, 2.45) is 5.92 Å². The Morgan fingerprint density at radius 1 is 1.43 bits per heavy atom. The molecular formula is C14H16BrFN2O2S. The van der Waals surface area contributed by atoms with Crippen LogP contribution in [0.4, 0.5) is 4.39 Å². The van der Waals surface area contributed by atoms with Gasteiger partial charge in [0.2, 0.25) is 10.0 Å². The van der Waals surface area contributed by atoms with Gasteiger partial charge in [0.1, 0.15) is 16.3 Å². The van der Waals surface area contributed by atoms with Gasteiger partial charge in [-0.15, -0.1) is 0 Å². The molecule has 0 saturated heterocycles. The molecule has 0 spiro atoms. The van der Waals surface area contributed by atoms with Gasteiger partial charge < -0.3 is 0 Å². The number of benzene rings is 1. The highest BCUT2D eigenvalue weighted by molar-refractivity contribution is 9.10. The Morgan fingerprint density at radius 2 is 2.05 bits per heavy atom. The van der Waals surface area contributed by atoms with Crippen molar-refractivity contribution in [3.8, 4) is 6.07 Å². The van der Waals surface area contributed by atoms with Gasteiger partial charge in [0.05, 0.1) is 6.07 Å². The number of hydrogen-bond donors (Lipinski definition) is 1. The van der Waals surface area contributed by atoms with E-state index < -0.39 is 26.3 Å². The highest BCUT2D eigenvalue weighted by Crippen LogP contribution is 2.33. The normalized spacial score (nSPS) is 26.3. The van der Waals surface area contributed by atoms with Gasteiger partial charge in [-0.1, -0.05) is 22.9 Å². The molecule has 0 heterocycles. The number of nitriles is 1. The summed E-state index contributed by atoms with van der Waals surface area (Å²) in [6.45, 7) is 2.07. The lowest BCUT2D eigenvalue weighted by molar-refractivity contribution is 0.277. The number of sulfonamides is 1. The molecule has 4 nitrogen and oxygen atoms in total. The van der Waals surface area contributed by atoms with Crippen molar-refractivity contribution in [3.63, 3.8) is 0 Å². The first-order chi connectivity index (χ1) is 9.78. The van der Waals surface area contributed by atoms with E-state index in [0.29, 0.717) is 23.2 Å². The van der Waals surface area contributed by atoms with Gasteiger partial charge in [-0.3, -0.25) is 0 Å². The number of nitrogens with zero attached hydrogens (tertiary/aromatic N) is 1. The maximum atomic E-state index is 13.9. The van der Waals surface area contributed by atoms with Crippen molar-refractivity contribution in [1.29, 1.82) is 5.26 Å². The van der Waals surface area contributed by atoms with Gasteiger partial charge in [0.15, 0.2) is 0 Å². The molecular weight excluding hydrogens is 359 g/mol. The standard InChI is InChI=1S/C14H16BrFN2O2S/c1-10-4-6-14(9-17,7-5-10)18-21(19,20)13-3-2-11(15)8-12(13)16/h2-3,8,10,18H,4-7H2,1H3. The fourth-order valence-electron chi connectivity index (χ4n) is 2.50. The maximum absolute atomic E-state index is 13.9. The van der Waals surface area contributed by atoms with Crippen LogP contribution in [0, 0.1) is 23.1 Å². The minimum Gasteiger partial charge on any atom is -0.207 e. The summed E-state index contributed by atoms with van der Waals surface area (Å²) >= 11 is 3.08. The molecule has 1 aliphatic rings. The van der Waals surface area contributed by atoms with E-state index in [9.17, 15) is 18.1 Å². The predicted molar refractivity (Wildman–Crippen MR) is 80.4 cm³/mol. The molecule has 0 bridgehead atoms. The van der Waals surface area contributed by atoms with E-state index in [1.807, 2.05) is 0 Å². The average molecular weight is 375 g/mol. The molecule has 0 amide bonds. The van der Waals surface area contributed by atoms with Gasteiger partial charge in [-0.05, 0) is 49.8 Å². The number of nitrogens with one attached hydrogen (secondary N) is 1. The van der Waals surface area contributed by atoms with Crippen LogP contribution in [0.25, 0.3) is 0 Å². The van der Waals surface area contributed by atoms with Crippen molar-refractivity contribution < 1.29 is 12.8 Å². The van der Waals surface area contributed by atoms with E-state index in [1.165, 1.54) is 12.1 Å². The van der Waals surface area contributed by atoms with Crippen LogP contribution in [0.5, 0.6) is 0 Å². The van der Waals surface area contributed by atoms with Crippen molar-refractivity contribution in [1.82, 2.24) is 4.72 Å². The van der Waals surface area contributed by atoms with Crippen molar-refractivity contribution >= 4 is 26.0 Å². The molecule has 2 rings (SSSR count). The zero-order chi connectivity index (χ0) is 15.7. The molecule has 0 aliphatic heterocycles. The first kappa shape index (κ1) is 16.4. The predicted octanol–water partition coefficient (Wildman–Crippen LogP) is 3.34. The summed E-state index contributed by atoms with van der Waals surface area (Å²) in [5, 5.41) is 9.37. The van der Waals surface area contributed by atoms with E-state index >= 15 is 0 Å². The second-order valence-electron chi connectivity index (χ2n) is 5.56. The molecule has 1 saturated carbocycles. The Morgan fingerprint density at radius 3 is 2.57 bits per heavy atom. The topological polar surface area (TPSA) is 70.0 Å². The molecule has 114 valence electrons. The number of hydrogen-bond acceptors (Lipinski definition) is 3. The summed E-state index contributed by atoms with van der Waals surface area (Å²) < 4.78 is 41.5. The number of rotatable bonds is 3. The molecule has 0 atom stereocenters. The van der Waals surface area contributed by atoms with Crippen LogP contribution >= 0.6 is 15.9 Å². The molecule has 21 heavy (non-hydrogen) atoms. The Balaban J connectivity index is 2.30. The molecule has 1 aromatic rings. The Bertz CT molecular complexity index is 677. The summed E-state index contributed by atoms with van der Waals surface area (Å²) in [5.74, 6) is -0.366. The summed E-state index contributed by atoms with van der Waals surface area (Å²) in [5.41, 5.74) is -1.13. The summed E-state index contributed by atoms with van der Waals surface area (Å²) in [6.07, 6.45) is 2.45. The van der Waals surface area contributed by atoms with E-state index in [2.05, 4.69) is 33.6 Å². The van der Waals surface area contributed by atoms with Crippen LogP contribution in [-0.2, 0) is 10.0 Å². The van der Waals surface area contributed by atoms with E-state index in [4.69, 9.17) is 0 Å². The molecule has 7 heteroatoms. The monoisotopic (exact) mass is 374 g/mol. The quantitative estimate of drug-likeness (QED) is 0.881. The molecule has 1 aliphatic carbocycles. The second-order valence-corrected chi connectivity index (χ2v) is 8.12. The van der Waals surface area contributed by atoms with Crippen LogP contribution in [0.15, 0.2) is 27.6 Å². The number of halogens is 2.